The number of phenols is 1. The molecule has 0 spiro atoms. The molecule has 0 aliphatic rings. The van der Waals surface area contributed by atoms with Crippen LogP contribution < -0.4 is 0 Å². The van der Waals surface area contributed by atoms with Crippen molar-refractivity contribution in [2.75, 3.05) is 0 Å². The number of benzene rings is 1. The fourth-order valence-electron chi connectivity index (χ4n) is 1.31. The van der Waals surface area contributed by atoms with Crippen molar-refractivity contribution in [2.45, 2.75) is 14.4 Å². The van der Waals surface area contributed by atoms with Gasteiger partial charge in [-0.2, -0.15) is 0 Å². The summed E-state index contributed by atoms with van der Waals surface area (Å²) in [7, 11) is 0. The smallest absolute Gasteiger partial charge is 0.175 e. The van der Waals surface area contributed by atoms with Crippen molar-refractivity contribution in [2.24, 2.45) is 0 Å². The number of aromatic amines is 1. The molecule has 0 unspecified atom stereocenters. The Morgan fingerprint density at radius 2 is 2.07 bits per heavy atom. The summed E-state index contributed by atoms with van der Waals surface area (Å²) in [5.41, 5.74) is 1.43. The topological polar surface area (TPSA) is 53.1 Å². The van der Waals surface area contributed by atoms with Crippen molar-refractivity contribution < 1.29 is 9.90 Å². The van der Waals surface area contributed by atoms with Gasteiger partial charge in [0, 0.05) is 17.8 Å². The van der Waals surface area contributed by atoms with Crippen LogP contribution >= 0.6 is 0 Å². The molecule has 0 saturated heterocycles. The number of carbonyl (C=O) groups excluding carboxylic acids is 1. The van der Waals surface area contributed by atoms with Crippen molar-refractivity contribution in [1.29, 1.82) is 0 Å². The second-order valence-corrected chi connectivity index (χ2v) is 3.01. The van der Waals surface area contributed by atoms with E-state index in [-0.39, 0.29) is 19.0 Å². The van der Waals surface area contributed by atoms with E-state index >= 15 is 0 Å². The number of hydrogen-bond acceptors (Lipinski definition) is 2. The number of phenolic OH excluding ortho intramolecular Hbond substituents is 1. The number of nitrogens with one attached hydrogen (secondary N) is 1. The molecule has 1 aromatic heterocycles. The highest BCUT2D eigenvalue weighted by molar-refractivity contribution is 5.98. The molecular formula is C11H13NO2. The Labute approximate surface area is 82.4 Å². The summed E-state index contributed by atoms with van der Waals surface area (Å²) < 4.78 is 0. The zero-order chi connectivity index (χ0) is 9.42. The first-order chi connectivity index (χ1) is 6.16. The highest BCUT2D eigenvalue weighted by Crippen LogP contribution is 2.20. The Morgan fingerprint density at radius 3 is 2.71 bits per heavy atom. The van der Waals surface area contributed by atoms with Gasteiger partial charge in [0.15, 0.2) is 5.78 Å². The molecule has 3 nitrogen and oxygen atoms in total. The molecule has 0 aliphatic heterocycles. The fourth-order valence-corrected chi connectivity index (χ4v) is 1.31. The maximum Gasteiger partial charge on any atom is 0.175 e. The van der Waals surface area contributed by atoms with Gasteiger partial charge in [-0.05, 0) is 24.3 Å². The number of Topliss-reactive ketones (excluding diaryl/α,β-unsaturated/α-hetero) is 1. The lowest BCUT2D eigenvalue weighted by Gasteiger charge is -1.89. The van der Waals surface area contributed by atoms with E-state index in [9.17, 15) is 9.90 Å². The first-order valence-corrected chi connectivity index (χ1v) is 3.99. The highest BCUT2D eigenvalue weighted by atomic mass is 16.3. The van der Waals surface area contributed by atoms with Gasteiger partial charge in [0.1, 0.15) is 5.75 Å². The van der Waals surface area contributed by atoms with Crippen LogP contribution in [0.25, 0.3) is 10.9 Å². The first-order valence-electron chi connectivity index (χ1n) is 3.99. The summed E-state index contributed by atoms with van der Waals surface area (Å²) in [6.07, 6.45) is 0. The van der Waals surface area contributed by atoms with Crippen molar-refractivity contribution in [3.63, 3.8) is 0 Å². The monoisotopic (exact) mass is 191 g/mol. The van der Waals surface area contributed by atoms with E-state index in [0.29, 0.717) is 5.69 Å². The second kappa shape index (κ2) is 3.54. The van der Waals surface area contributed by atoms with Crippen molar-refractivity contribution in [1.82, 2.24) is 4.98 Å². The third-order valence-electron chi connectivity index (χ3n) is 1.98. The number of fused-ring (bicyclic) bond motifs is 1. The van der Waals surface area contributed by atoms with E-state index in [2.05, 4.69) is 4.98 Å². The molecule has 0 aliphatic carbocycles. The lowest BCUT2D eigenvalue weighted by Crippen LogP contribution is -1.89. The Morgan fingerprint density at radius 1 is 1.36 bits per heavy atom. The average Bonchev–Trinajstić information content (AvgIpc) is 2.46. The zero-order valence-corrected chi connectivity index (χ0v) is 7.16. The normalized spacial score (nSPS) is 9.79. The number of rotatable bonds is 1. The van der Waals surface area contributed by atoms with Gasteiger partial charge >= 0.3 is 0 Å². The quantitative estimate of drug-likeness (QED) is 0.681. The third-order valence-corrected chi connectivity index (χ3v) is 1.98. The van der Waals surface area contributed by atoms with Crippen LogP contribution in [0.3, 0.4) is 0 Å². The van der Waals surface area contributed by atoms with E-state index in [4.69, 9.17) is 0 Å². The van der Waals surface area contributed by atoms with E-state index in [0.717, 1.165) is 10.9 Å². The Kier molecular flexibility index (Phi) is 2.60. The summed E-state index contributed by atoms with van der Waals surface area (Å²) in [6.45, 7) is 1.50. The number of ketones is 1. The van der Waals surface area contributed by atoms with Crippen LogP contribution in [0, 0.1) is 0 Å². The minimum Gasteiger partial charge on any atom is -0.508 e. The second-order valence-electron chi connectivity index (χ2n) is 3.01. The Hall–Kier alpha value is -1.77. The van der Waals surface area contributed by atoms with Crippen molar-refractivity contribution in [3.8, 4) is 5.75 Å². The van der Waals surface area contributed by atoms with Crippen LogP contribution in [-0.2, 0) is 0 Å². The summed E-state index contributed by atoms with van der Waals surface area (Å²) in [6, 6.07) is 6.69. The predicted octanol–water partition coefficient (Wildman–Crippen LogP) is 2.71. The standard InChI is InChI=1S/C10H9NO2.CH4/c1-6(12)10-5-7-4-8(13)2-3-9(7)11-10;/h2-5,11,13H,1H3;1H4. The van der Waals surface area contributed by atoms with Crippen LogP contribution in [0.2, 0.25) is 0 Å². The average molecular weight is 191 g/mol. The van der Waals surface area contributed by atoms with Gasteiger partial charge in [-0.3, -0.25) is 4.79 Å². The minimum absolute atomic E-state index is 0. The van der Waals surface area contributed by atoms with Gasteiger partial charge in [0.05, 0.1) is 5.69 Å². The van der Waals surface area contributed by atoms with Crippen LogP contribution in [0.15, 0.2) is 24.3 Å². The SMILES string of the molecule is C.CC(=O)c1cc2cc(O)ccc2[nH]1. The highest BCUT2D eigenvalue weighted by Gasteiger charge is 2.04. The summed E-state index contributed by atoms with van der Waals surface area (Å²) in [5, 5.41) is 10.0. The van der Waals surface area contributed by atoms with Crippen molar-refractivity contribution in [3.05, 3.63) is 30.0 Å². The molecule has 0 fully saturated rings. The van der Waals surface area contributed by atoms with Gasteiger partial charge in [0.25, 0.3) is 0 Å². The molecule has 0 amide bonds. The molecule has 2 N–H and O–H groups in total. The van der Waals surface area contributed by atoms with E-state index < -0.39 is 0 Å². The molecule has 74 valence electrons. The third kappa shape index (κ3) is 1.62. The van der Waals surface area contributed by atoms with E-state index in [1.807, 2.05) is 0 Å². The molecule has 1 aromatic carbocycles. The Bertz CT molecular complexity index is 471. The molecule has 0 saturated carbocycles. The zero-order valence-electron chi connectivity index (χ0n) is 7.16. The number of H-pyrrole nitrogens is 1. The number of aromatic hydroxyl groups is 1. The summed E-state index contributed by atoms with van der Waals surface area (Å²) in [4.78, 5) is 14.0. The number of hydrogen-bond donors (Lipinski definition) is 2. The van der Waals surface area contributed by atoms with E-state index in [1.54, 1.807) is 24.3 Å². The van der Waals surface area contributed by atoms with Gasteiger partial charge in [-0.15, -0.1) is 0 Å². The van der Waals surface area contributed by atoms with Gasteiger partial charge in [0.2, 0.25) is 0 Å². The van der Waals surface area contributed by atoms with Crippen molar-refractivity contribution >= 4 is 16.7 Å². The van der Waals surface area contributed by atoms with Crippen LogP contribution in [0.1, 0.15) is 24.8 Å². The molecule has 14 heavy (non-hydrogen) atoms. The summed E-state index contributed by atoms with van der Waals surface area (Å²) in [5.74, 6) is 0.206. The van der Waals surface area contributed by atoms with E-state index in [1.165, 1.54) is 6.92 Å². The fraction of sp³-hybridized carbons (Fsp3) is 0.182. The minimum atomic E-state index is -0.00399. The largest absolute Gasteiger partial charge is 0.508 e. The van der Waals surface area contributed by atoms with Crippen LogP contribution in [-0.4, -0.2) is 15.9 Å². The van der Waals surface area contributed by atoms with Crippen LogP contribution in [0.4, 0.5) is 0 Å². The molecule has 0 radical (unpaired) electrons. The maximum absolute atomic E-state index is 11.0. The molecule has 1 heterocycles. The molecule has 0 atom stereocenters. The lowest BCUT2D eigenvalue weighted by atomic mass is 10.2. The number of aromatic nitrogens is 1. The first kappa shape index (κ1) is 10.3. The van der Waals surface area contributed by atoms with Crippen LogP contribution in [0.5, 0.6) is 5.75 Å². The van der Waals surface area contributed by atoms with Gasteiger partial charge in [-0.25, -0.2) is 0 Å². The van der Waals surface area contributed by atoms with Gasteiger partial charge in [-0.1, -0.05) is 7.43 Å². The molecule has 2 aromatic rings. The summed E-state index contributed by atoms with van der Waals surface area (Å²) >= 11 is 0. The Balaban J connectivity index is 0.000000980. The molecule has 3 heteroatoms. The molecule has 0 bridgehead atoms. The molecule has 2 rings (SSSR count). The predicted molar refractivity (Wildman–Crippen MR) is 56.7 cm³/mol. The number of carbonyl (C=O) groups is 1. The lowest BCUT2D eigenvalue weighted by molar-refractivity contribution is 0.101. The maximum atomic E-state index is 11.0. The van der Waals surface area contributed by atoms with Gasteiger partial charge < -0.3 is 10.1 Å². The molecular weight excluding hydrogens is 178 g/mol.